The van der Waals surface area contributed by atoms with Gasteiger partial charge in [0, 0.05) is 45.5 Å². The van der Waals surface area contributed by atoms with Crippen molar-refractivity contribution in [2.45, 2.75) is 26.9 Å². The van der Waals surface area contributed by atoms with E-state index < -0.39 is 11.9 Å². The van der Waals surface area contributed by atoms with Gasteiger partial charge in [-0.3, -0.25) is 0 Å². The minimum absolute atomic E-state index is 0.0463. The largest absolute Gasteiger partial charge is 0.508 e. The number of aromatic nitrogens is 6. The molecule has 0 saturated carbocycles. The number of phenols is 2. The quantitative estimate of drug-likeness (QED) is 0.0156. The summed E-state index contributed by atoms with van der Waals surface area (Å²) in [6.07, 6.45) is 0. The van der Waals surface area contributed by atoms with Crippen molar-refractivity contribution < 1.29 is 67.2 Å². The molecule has 6 bridgehead atoms. The number of esters is 2. The van der Waals surface area contributed by atoms with Gasteiger partial charge in [0.15, 0.2) is 0 Å². The van der Waals surface area contributed by atoms with Crippen LogP contribution in [0.3, 0.4) is 0 Å². The van der Waals surface area contributed by atoms with E-state index in [1.54, 1.807) is 48.5 Å². The number of benzene rings is 4. The Labute approximate surface area is 479 Å². The van der Waals surface area contributed by atoms with E-state index in [0.717, 1.165) is 52.2 Å². The average molecular weight is 1310 g/mol. The van der Waals surface area contributed by atoms with Crippen molar-refractivity contribution in [2.75, 3.05) is 124 Å². The third-order valence-corrected chi connectivity index (χ3v) is 10.9. The number of nitrogens with one attached hydrogen (secondary N) is 4. The van der Waals surface area contributed by atoms with Crippen LogP contribution in [0.4, 0.5) is 35.2 Å². The first-order chi connectivity index (χ1) is 38.0. The predicted octanol–water partition coefficient (Wildman–Crippen LogP) is 7.93. The molecule has 0 saturated heterocycles. The van der Waals surface area contributed by atoms with Gasteiger partial charge in [-0.1, -0.05) is 69.4 Å². The number of carbonyl (C=O) groups excluding carboxylic acids is 2. The fourth-order valence-electron chi connectivity index (χ4n) is 6.38. The van der Waals surface area contributed by atoms with E-state index in [0.29, 0.717) is 82.4 Å². The van der Waals surface area contributed by atoms with Gasteiger partial charge < -0.3 is 78.8 Å². The molecule has 0 spiro atoms. The Morgan fingerprint density at radius 2 is 1.24 bits per heavy atom. The summed E-state index contributed by atoms with van der Waals surface area (Å²) in [5.41, 5.74) is 3.31. The summed E-state index contributed by atoms with van der Waals surface area (Å²) in [6, 6.07) is 24.1. The fourth-order valence-corrected chi connectivity index (χ4v) is 7.00. The molecule has 0 aliphatic carbocycles. The molecule has 0 unspecified atom stereocenters. The summed E-state index contributed by atoms with van der Waals surface area (Å²) < 4.78 is 55.6. The van der Waals surface area contributed by atoms with E-state index in [9.17, 15) is 19.8 Å². The SMILES string of the molecule is CCOc1nc(NCc2ccc(O)cc2)nc(Nc2ccc(C(=O)OC)c(O)c2)n1.CCOc1nc2nc(n1)Nc1ccc(C(=O)OC)c(c1)OCCOCCOCCOc1ccc(cc1)CN2.ICCOCCOCCI. The molecule has 24 nitrogen and oxygen atoms in total. The Morgan fingerprint density at radius 1 is 0.641 bits per heavy atom. The third kappa shape index (κ3) is 22.6. The van der Waals surface area contributed by atoms with Crippen molar-refractivity contribution in [1.82, 2.24) is 29.9 Å². The zero-order valence-corrected chi connectivity index (χ0v) is 47.9. The van der Waals surface area contributed by atoms with Crippen molar-refractivity contribution in [3.63, 3.8) is 0 Å². The van der Waals surface area contributed by atoms with Crippen LogP contribution >= 0.6 is 45.2 Å². The van der Waals surface area contributed by atoms with E-state index in [-0.39, 0.29) is 59.1 Å². The molecule has 2 aromatic heterocycles. The molecular formula is C52H64I2N10O14. The summed E-state index contributed by atoms with van der Waals surface area (Å²) in [4.78, 5) is 49.7. The first-order valence-electron chi connectivity index (χ1n) is 24.5. The number of nitrogens with zero attached hydrogens (tertiary/aromatic N) is 6. The molecule has 2 aliphatic rings. The maximum absolute atomic E-state index is 12.3. The summed E-state index contributed by atoms with van der Waals surface area (Å²) >= 11 is 4.58. The van der Waals surface area contributed by atoms with E-state index in [1.165, 1.54) is 26.4 Å². The zero-order valence-electron chi connectivity index (χ0n) is 43.6. The molecule has 4 aromatic carbocycles. The van der Waals surface area contributed by atoms with Crippen LogP contribution in [0.2, 0.25) is 0 Å². The topological polar surface area (TPSA) is 292 Å². The lowest BCUT2D eigenvalue weighted by molar-refractivity contribution is 0.0271. The molecule has 26 heteroatoms. The smallest absolute Gasteiger partial charge is 0.341 e. The van der Waals surface area contributed by atoms with Crippen LogP contribution in [0, 0.1) is 0 Å². The molecule has 6 aromatic rings. The molecular weight excluding hydrogens is 1240 g/mol. The molecule has 420 valence electrons. The second kappa shape index (κ2) is 35.5. The highest BCUT2D eigenvalue weighted by Gasteiger charge is 2.17. The molecule has 0 amide bonds. The fraction of sp³-hybridized carbons (Fsp3) is 0.385. The van der Waals surface area contributed by atoms with Crippen LogP contribution in [-0.4, -0.2) is 154 Å². The molecule has 2 aliphatic heterocycles. The molecule has 78 heavy (non-hydrogen) atoms. The number of methoxy groups -OCH3 is 2. The molecule has 0 atom stereocenters. The average Bonchev–Trinajstić information content (AvgIpc) is 3.45. The monoisotopic (exact) mass is 1310 g/mol. The Kier molecular flexibility index (Phi) is 28.2. The van der Waals surface area contributed by atoms with Gasteiger partial charge in [-0.2, -0.15) is 29.9 Å². The van der Waals surface area contributed by atoms with E-state index in [1.807, 2.05) is 38.1 Å². The maximum atomic E-state index is 12.3. The number of carbonyl (C=O) groups is 2. The number of aromatic hydroxyl groups is 2. The summed E-state index contributed by atoms with van der Waals surface area (Å²) in [5, 5.41) is 31.8. The third-order valence-electron chi connectivity index (χ3n) is 10.0. The van der Waals surface area contributed by atoms with Crippen molar-refractivity contribution in [3.8, 4) is 35.0 Å². The lowest BCUT2D eigenvalue weighted by atomic mass is 10.2. The van der Waals surface area contributed by atoms with Gasteiger partial charge in [-0.15, -0.1) is 0 Å². The van der Waals surface area contributed by atoms with E-state index in [2.05, 4.69) is 101 Å². The van der Waals surface area contributed by atoms with Crippen LogP contribution in [0.15, 0.2) is 84.9 Å². The summed E-state index contributed by atoms with van der Waals surface area (Å²) in [7, 11) is 2.55. The lowest BCUT2D eigenvalue weighted by Crippen LogP contribution is -2.14. The van der Waals surface area contributed by atoms with Crippen molar-refractivity contribution in [3.05, 3.63) is 107 Å². The van der Waals surface area contributed by atoms with Crippen LogP contribution in [0.5, 0.6) is 35.0 Å². The van der Waals surface area contributed by atoms with Gasteiger partial charge in [-0.25, -0.2) is 9.59 Å². The number of halogens is 2. The van der Waals surface area contributed by atoms with Crippen molar-refractivity contribution in [2.24, 2.45) is 0 Å². The van der Waals surface area contributed by atoms with Crippen LogP contribution in [0.25, 0.3) is 0 Å². The second-order valence-electron chi connectivity index (χ2n) is 15.6. The number of hydrogen-bond acceptors (Lipinski definition) is 24. The van der Waals surface area contributed by atoms with Gasteiger partial charge in [-0.05, 0) is 73.5 Å². The predicted molar refractivity (Wildman–Crippen MR) is 307 cm³/mol. The highest BCUT2D eigenvalue weighted by molar-refractivity contribution is 14.1. The van der Waals surface area contributed by atoms with E-state index >= 15 is 0 Å². The molecule has 0 radical (unpaired) electrons. The molecule has 8 rings (SSSR count). The van der Waals surface area contributed by atoms with Crippen molar-refractivity contribution in [1.29, 1.82) is 0 Å². The number of anilines is 6. The Bertz CT molecular complexity index is 2730. The van der Waals surface area contributed by atoms with Crippen LogP contribution < -0.4 is 40.2 Å². The van der Waals surface area contributed by atoms with Gasteiger partial charge in [0.05, 0.1) is 80.3 Å². The highest BCUT2D eigenvalue weighted by Crippen LogP contribution is 2.28. The van der Waals surface area contributed by atoms with Crippen LogP contribution in [-0.2, 0) is 41.5 Å². The Hall–Kier alpha value is -6.86. The summed E-state index contributed by atoms with van der Waals surface area (Å²) in [5.74, 6) is 0.931. The number of hydrogen-bond donors (Lipinski definition) is 6. The number of phenolic OH excluding ortho intramolecular Hbond substituents is 2. The minimum atomic E-state index is -0.640. The Balaban J connectivity index is 0.000000249. The minimum Gasteiger partial charge on any atom is -0.508 e. The molecule has 4 heterocycles. The first-order valence-corrected chi connectivity index (χ1v) is 27.6. The zero-order chi connectivity index (χ0) is 55.7. The normalized spacial score (nSPS) is 12.4. The van der Waals surface area contributed by atoms with E-state index in [4.69, 9.17) is 42.6 Å². The first kappa shape index (κ1) is 62.0. The second-order valence-corrected chi connectivity index (χ2v) is 17.8. The number of ether oxygens (including phenoxy) is 10. The van der Waals surface area contributed by atoms with Crippen molar-refractivity contribution >= 4 is 92.3 Å². The molecule has 6 N–H and O–H groups in total. The van der Waals surface area contributed by atoms with Gasteiger partial charge in [0.25, 0.3) is 0 Å². The number of rotatable bonds is 18. The summed E-state index contributed by atoms with van der Waals surface area (Å²) in [6.45, 7) is 10.7. The van der Waals surface area contributed by atoms with Crippen LogP contribution in [0.1, 0.15) is 45.7 Å². The van der Waals surface area contributed by atoms with Gasteiger partial charge >= 0.3 is 24.0 Å². The van der Waals surface area contributed by atoms with Gasteiger partial charge in [0.2, 0.25) is 23.8 Å². The van der Waals surface area contributed by atoms with Gasteiger partial charge in [0.1, 0.15) is 47.3 Å². The Morgan fingerprint density at radius 3 is 1.88 bits per heavy atom. The lowest BCUT2D eigenvalue weighted by Gasteiger charge is -2.14. The number of alkyl halides is 2. The standard InChI is InChI=1S/C26H31N5O7.C20H21N5O5.C6H12I2O2/c1-3-36-26-30-24-27-17-18-4-7-20(8-5-18)37-14-12-34-10-11-35-13-15-38-22-16-19(28-25(29-24)31-26)6-9-21(22)23(32)33-2;1-3-30-20-24-18(21-11-12-4-7-14(26)8-5-12)23-19(25-20)22-13-6-9-15(16(27)10-13)17(28)29-2;7-1-3-9-5-6-10-4-2-8/h4-9,16H,3,10-15,17H2,1-2H3,(H2,27,28,29,30,31);4-10,26-27H,3,11H2,1-2H3,(H2,21,22,23,24,25);1-6H2. The highest BCUT2D eigenvalue weighted by atomic mass is 127. The maximum Gasteiger partial charge on any atom is 0.341 e. The number of fused-ring (bicyclic) bond motifs is 12. The molecule has 0 fully saturated rings.